The molecule has 92 valence electrons. The van der Waals surface area contributed by atoms with Crippen LogP contribution in [0.5, 0.6) is 0 Å². The molecule has 0 saturated heterocycles. The fourth-order valence-electron chi connectivity index (χ4n) is 1.49. The van der Waals surface area contributed by atoms with Gasteiger partial charge in [-0.2, -0.15) is 15.4 Å². The molecule has 2 aromatic rings. The Morgan fingerprint density at radius 1 is 1.22 bits per heavy atom. The van der Waals surface area contributed by atoms with Gasteiger partial charge in [0.25, 0.3) is 5.91 Å². The Hall–Kier alpha value is -2.70. The van der Waals surface area contributed by atoms with Crippen molar-refractivity contribution in [2.45, 2.75) is 0 Å². The van der Waals surface area contributed by atoms with E-state index >= 15 is 0 Å². The number of nitrogens with zero attached hydrogens (tertiary/aromatic N) is 2. The molecule has 7 heteroatoms. The van der Waals surface area contributed by atoms with Gasteiger partial charge in [-0.25, -0.2) is 4.79 Å². The third-order valence-corrected chi connectivity index (χ3v) is 2.36. The molecule has 1 amide bonds. The van der Waals surface area contributed by atoms with Crippen LogP contribution in [0.15, 0.2) is 24.3 Å². The second-order valence-electron chi connectivity index (χ2n) is 3.45. The van der Waals surface area contributed by atoms with Crippen molar-refractivity contribution in [2.75, 3.05) is 7.11 Å². The van der Waals surface area contributed by atoms with Crippen LogP contribution in [-0.4, -0.2) is 34.4 Å². The van der Waals surface area contributed by atoms with Crippen molar-refractivity contribution < 1.29 is 14.3 Å². The summed E-state index contributed by atoms with van der Waals surface area (Å²) < 4.78 is 4.58. The molecule has 0 aliphatic rings. The van der Waals surface area contributed by atoms with Crippen LogP contribution in [0, 0.1) is 0 Å². The number of carbonyl (C=O) groups is 2. The van der Waals surface area contributed by atoms with Gasteiger partial charge in [-0.3, -0.25) is 4.79 Å². The van der Waals surface area contributed by atoms with E-state index in [-0.39, 0.29) is 5.69 Å². The summed E-state index contributed by atoms with van der Waals surface area (Å²) in [7, 11) is 1.30. The van der Waals surface area contributed by atoms with E-state index in [9.17, 15) is 9.59 Å². The van der Waals surface area contributed by atoms with E-state index in [0.29, 0.717) is 16.8 Å². The lowest BCUT2D eigenvalue weighted by Gasteiger charge is -2.01. The summed E-state index contributed by atoms with van der Waals surface area (Å²) in [5.41, 5.74) is 6.60. The van der Waals surface area contributed by atoms with Crippen LogP contribution in [0.1, 0.15) is 20.8 Å². The number of carbonyl (C=O) groups excluding carboxylic acids is 2. The minimum absolute atomic E-state index is 0.0563. The maximum absolute atomic E-state index is 11.3. The molecule has 2 rings (SSSR count). The normalized spacial score (nSPS) is 10.1. The van der Waals surface area contributed by atoms with Crippen LogP contribution >= 0.6 is 0 Å². The lowest BCUT2D eigenvalue weighted by Crippen LogP contribution is -2.12. The van der Waals surface area contributed by atoms with Crippen LogP contribution in [-0.2, 0) is 4.74 Å². The number of ether oxygens (including phenoxy) is 1. The van der Waals surface area contributed by atoms with Gasteiger partial charge in [-0.1, -0.05) is 12.1 Å². The molecule has 1 heterocycles. The molecule has 1 aromatic carbocycles. The van der Waals surface area contributed by atoms with Crippen molar-refractivity contribution >= 4 is 11.9 Å². The number of aromatic nitrogens is 3. The van der Waals surface area contributed by atoms with Gasteiger partial charge >= 0.3 is 5.97 Å². The van der Waals surface area contributed by atoms with E-state index in [4.69, 9.17) is 5.73 Å². The number of primary amides is 1. The maximum atomic E-state index is 11.3. The first-order chi connectivity index (χ1) is 8.63. The lowest BCUT2D eigenvalue weighted by atomic mass is 10.1. The Morgan fingerprint density at radius 3 is 2.44 bits per heavy atom. The highest BCUT2D eigenvalue weighted by molar-refractivity contribution is 5.97. The van der Waals surface area contributed by atoms with E-state index in [2.05, 4.69) is 20.1 Å². The van der Waals surface area contributed by atoms with Crippen LogP contribution in [0.25, 0.3) is 11.3 Å². The van der Waals surface area contributed by atoms with E-state index in [1.54, 1.807) is 24.3 Å². The highest BCUT2D eigenvalue weighted by Gasteiger charge is 2.15. The average Bonchev–Trinajstić information content (AvgIpc) is 2.87. The number of methoxy groups -OCH3 is 1. The number of rotatable bonds is 3. The second-order valence-corrected chi connectivity index (χ2v) is 3.45. The molecular formula is C11H10N4O3. The van der Waals surface area contributed by atoms with Gasteiger partial charge in [0.1, 0.15) is 5.69 Å². The van der Waals surface area contributed by atoms with E-state index in [1.165, 1.54) is 7.11 Å². The number of benzene rings is 1. The Bertz CT molecular complexity index is 589. The molecule has 7 nitrogen and oxygen atoms in total. The molecule has 0 atom stereocenters. The number of aromatic amines is 1. The molecule has 0 spiro atoms. The quantitative estimate of drug-likeness (QED) is 0.759. The van der Waals surface area contributed by atoms with Crippen molar-refractivity contribution in [3.05, 3.63) is 35.5 Å². The van der Waals surface area contributed by atoms with Gasteiger partial charge in [-0.05, 0) is 12.1 Å². The Morgan fingerprint density at radius 2 is 1.89 bits per heavy atom. The fourth-order valence-corrected chi connectivity index (χ4v) is 1.49. The molecule has 0 aliphatic carbocycles. The molecule has 0 fully saturated rings. The number of H-pyrrole nitrogens is 1. The first-order valence-corrected chi connectivity index (χ1v) is 5.03. The molecule has 0 unspecified atom stereocenters. The highest BCUT2D eigenvalue weighted by Crippen LogP contribution is 2.19. The highest BCUT2D eigenvalue weighted by atomic mass is 16.5. The first kappa shape index (κ1) is 11.8. The maximum Gasteiger partial charge on any atom is 0.337 e. The average molecular weight is 246 g/mol. The van der Waals surface area contributed by atoms with Gasteiger partial charge < -0.3 is 10.5 Å². The zero-order valence-electron chi connectivity index (χ0n) is 9.51. The Labute approximate surface area is 102 Å². The van der Waals surface area contributed by atoms with Gasteiger partial charge in [0, 0.05) is 5.56 Å². The molecule has 18 heavy (non-hydrogen) atoms. The van der Waals surface area contributed by atoms with Crippen LogP contribution < -0.4 is 5.73 Å². The molecule has 0 aliphatic heterocycles. The van der Waals surface area contributed by atoms with Gasteiger partial charge in [0.15, 0.2) is 5.69 Å². The summed E-state index contributed by atoms with van der Waals surface area (Å²) in [6.07, 6.45) is 0. The summed E-state index contributed by atoms with van der Waals surface area (Å²) in [5.74, 6) is -1.10. The largest absolute Gasteiger partial charge is 0.465 e. The zero-order valence-corrected chi connectivity index (χ0v) is 9.51. The third kappa shape index (κ3) is 2.05. The number of nitrogens with one attached hydrogen (secondary N) is 1. The smallest absolute Gasteiger partial charge is 0.337 e. The van der Waals surface area contributed by atoms with Gasteiger partial charge in [0.2, 0.25) is 0 Å². The Balaban J connectivity index is 2.37. The van der Waals surface area contributed by atoms with Gasteiger partial charge in [-0.15, -0.1) is 0 Å². The minimum Gasteiger partial charge on any atom is -0.465 e. The number of esters is 1. The molecule has 0 radical (unpaired) electrons. The number of hydrogen-bond donors (Lipinski definition) is 2. The summed E-state index contributed by atoms with van der Waals surface area (Å²) in [6.45, 7) is 0. The number of hydrogen-bond acceptors (Lipinski definition) is 5. The van der Waals surface area contributed by atoms with Crippen molar-refractivity contribution in [1.29, 1.82) is 0 Å². The van der Waals surface area contributed by atoms with Crippen molar-refractivity contribution in [1.82, 2.24) is 15.4 Å². The first-order valence-electron chi connectivity index (χ1n) is 5.03. The van der Waals surface area contributed by atoms with E-state index in [1.807, 2.05) is 0 Å². The van der Waals surface area contributed by atoms with Gasteiger partial charge in [0.05, 0.1) is 12.7 Å². The van der Waals surface area contributed by atoms with Crippen molar-refractivity contribution in [2.24, 2.45) is 5.73 Å². The summed E-state index contributed by atoms with van der Waals surface area (Å²) >= 11 is 0. The Kier molecular flexibility index (Phi) is 3.05. The molecule has 0 bridgehead atoms. The molecule has 1 aromatic heterocycles. The molecule has 0 saturated carbocycles. The lowest BCUT2D eigenvalue weighted by molar-refractivity contribution is 0.0600. The van der Waals surface area contributed by atoms with Crippen LogP contribution in [0.4, 0.5) is 0 Å². The predicted octanol–water partition coefficient (Wildman–Crippen LogP) is 0.357. The third-order valence-electron chi connectivity index (χ3n) is 2.36. The second kappa shape index (κ2) is 4.66. The molecule has 3 N–H and O–H groups in total. The number of nitrogens with two attached hydrogens (primary N) is 1. The monoisotopic (exact) mass is 246 g/mol. The van der Waals surface area contributed by atoms with E-state index < -0.39 is 11.9 Å². The predicted molar refractivity (Wildman–Crippen MR) is 61.7 cm³/mol. The van der Waals surface area contributed by atoms with E-state index in [0.717, 1.165) is 0 Å². The van der Waals surface area contributed by atoms with Crippen molar-refractivity contribution in [3.8, 4) is 11.3 Å². The molecular weight excluding hydrogens is 236 g/mol. The minimum atomic E-state index is -0.671. The fraction of sp³-hybridized carbons (Fsp3) is 0.0909. The zero-order chi connectivity index (χ0) is 13.1. The summed E-state index contributed by atoms with van der Waals surface area (Å²) in [6, 6.07) is 6.41. The SMILES string of the molecule is COC(=O)c1ccc(-c2n[nH]nc2C(N)=O)cc1. The van der Waals surface area contributed by atoms with Crippen LogP contribution in [0.2, 0.25) is 0 Å². The van der Waals surface area contributed by atoms with Crippen molar-refractivity contribution in [3.63, 3.8) is 0 Å². The topological polar surface area (TPSA) is 111 Å². The van der Waals surface area contributed by atoms with Crippen LogP contribution in [0.3, 0.4) is 0 Å². The summed E-state index contributed by atoms with van der Waals surface area (Å²) in [4.78, 5) is 22.4. The standard InChI is InChI=1S/C11H10N4O3/c1-18-11(17)7-4-2-6(3-5-7)8-9(10(12)16)14-15-13-8/h2-5H,1H3,(H2,12,16)(H,13,14,15). The summed E-state index contributed by atoms with van der Waals surface area (Å²) in [5, 5.41) is 9.85. The number of amides is 1.